The van der Waals surface area contributed by atoms with Crippen LogP contribution in [0.15, 0.2) is 18.2 Å². The maximum absolute atomic E-state index is 13.0. The normalized spacial score (nSPS) is 20.5. The second-order valence-corrected chi connectivity index (χ2v) is 5.16. The van der Waals surface area contributed by atoms with Gasteiger partial charge in [-0.1, -0.05) is 6.07 Å². The summed E-state index contributed by atoms with van der Waals surface area (Å²) in [4.78, 5) is 2.04. The van der Waals surface area contributed by atoms with Gasteiger partial charge < -0.3 is 10.6 Å². The van der Waals surface area contributed by atoms with Crippen molar-refractivity contribution in [3.05, 3.63) is 29.3 Å². The number of fused-ring (bicyclic) bond motifs is 1. The lowest BCUT2D eigenvalue weighted by Crippen LogP contribution is -2.36. The smallest absolute Gasteiger partial charge is 0.368 e. The summed E-state index contributed by atoms with van der Waals surface area (Å²) in [6.45, 7) is 4.55. The first-order valence-corrected chi connectivity index (χ1v) is 6.56. The molecule has 1 aromatic carbocycles. The molecular formula is C14H19F3N2. The van der Waals surface area contributed by atoms with Crippen molar-refractivity contribution >= 4 is 5.69 Å². The van der Waals surface area contributed by atoms with Crippen LogP contribution in [-0.4, -0.2) is 18.6 Å². The van der Waals surface area contributed by atoms with Gasteiger partial charge in [-0.25, -0.2) is 0 Å². The average molecular weight is 272 g/mol. The van der Waals surface area contributed by atoms with E-state index < -0.39 is 11.7 Å². The van der Waals surface area contributed by atoms with Crippen molar-refractivity contribution in [1.82, 2.24) is 0 Å². The van der Waals surface area contributed by atoms with Crippen LogP contribution in [0.4, 0.5) is 18.9 Å². The molecule has 0 amide bonds. The molecule has 0 radical (unpaired) electrons. The van der Waals surface area contributed by atoms with Crippen molar-refractivity contribution in [3.63, 3.8) is 0 Å². The fraction of sp³-hybridized carbons (Fsp3) is 0.571. The summed E-state index contributed by atoms with van der Waals surface area (Å²) in [6, 6.07) is 4.49. The maximum atomic E-state index is 13.0. The van der Waals surface area contributed by atoms with Crippen LogP contribution in [0.25, 0.3) is 0 Å². The number of hydrogen-bond acceptors (Lipinski definition) is 2. The molecule has 5 heteroatoms. The van der Waals surface area contributed by atoms with E-state index in [9.17, 15) is 13.2 Å². The highest BCUT2D eigenvalue weighted by molar-refractivity contribution is 5.62. The van der Waals surface area contributed by atoms with Crippen LogP contribution >= 0.6 is 0 Å². The Balaban J connectivity index is 2.40. The molecule has 0 aromatic heterocycles. The lowest BCUT2D eigenvalue weighted by molar-refractivity contribution is -0.138. The molecule has 2 unspecified atom stereocenters. The predicted molar refractivity (Wildman–Crippen MR) is 70.2 cm³/mol. The van der Waals surface area contributed by atoms with Crippen molar-refractivity contribution in [2.45, 2.75) is 44.9 Å². The molecule has 2 atom stereocenters. The van der Waals surface area contributed by atoms with E-state index in [0.717, 1.165) is 0 Å². The van der Waals surface area contributed by atoms with E-state index in [1.807, 2.05) is 18.7 Å². The number of nitrogens with two attached hydrogens (primary N) is 1. The zero-order valence-corrected chi connectivity index (χ0v) is 11.2. The van der Waals surface area contributed by atoms with Crippen molar-refractivity contribution in [3.8, 4) is 0 Å². The average Bonchev–Trinajstić information content (AvgIpc) is 2.63. The van der Waals surface area contributed by atoms with E-state index >= 15 is 0 Å². The first-order valence-electron chi connectivity index (χ1n) is 6.56. The lowest BCUT2D eigenvalue weighted by Gasteiger charge is -2.27. The van der Waals surface area contributed by atoms with Gasteiger partial charge in [-0.2, -0.15) is 13.2 Å². The van der Waals surface area contributed by atoms with Gasteiger partial charge in [-0.3, -0.25) is 0 Å². The second kappa shape index (κ2) is 5.04. The Bertz CT molecular complexity index is 454. The minimum absolute atomic E-state index is 0.0114. The van der Waals surface area contributed by atoms with Crippen LogP contribution in [-0.2, 0) is 12.6 Å². The van der Waals surface area contributed by atoms with Gasteiger partial charge in [0.15, 0.2) is 0 Å². The SMILES string of the molecule is CCN1c2cccc(C(F)(F)F)c2CC1CC(C)N. The van der Waals surface area contributed by atoms with Gasteiger partial charge in [-0.05, 0) is 44.4 Å². The quantitative estimate of drug-likeness (QED) is 0.915. The van der Waals surface area contributed by atoms with Crippen molar-refractivity contribution in [1.29, 1.82) is 0 Å². The molecule has 2 N–H and O–H groups in total. The monoisotopic (exact) mass is 272 g/mol. The zero-order valence-electron chi connectivity index (χ0n) is 11.2. The number of likely N-dealkylation sites (N-methyl/N-ethyl adjacent to an activating group) is 1. The number of halogens is 3. The van der Waals surface area contributed by atoms with E-state index in [4.69, 9.17) is 5.73 Å². The molecule has 0 fully saturated rings. The number of nitrogens with zero attached hydrogens (tertiary/aromatic N) is 1. The van der Waals surface area contributed by atoms with E-state index in [2.05, 4.69) is 0 Å². The minimum Gasteiger partial charge on any atom is -0.368 e. The fourth-order valence-corrected chi connectivity index (χ4v) is 2.93. The largest absolute Gasteiger partial charge is 0.416 e. The third kappa shape index (κ3) is 2.71. The first kappa shape index (κ1) is 14.2. The Morgan fingerprint density at radius 1 is 1.42 bits per heavy atom. The number of hydrogen-bond donors (Lipinski definition) is 1. The number of rotatable bonds is 3. The summed E-state index contributed by atoms with van der Waals surface area (Å²) in [5.41, 5.74) is 6.42. The molecule has 1 aliphatic rings. The van der Waals surface area contributed by atoms with Gasteiger partial charge in [0.1, 0.15) is 0 Å². The van der Waals surface area contributed by atoms with Crippen LogP contribution in [0, 0.1) is 0 Å². The Labute approximate surface area is 111 Å². The predicted octanol–water partition coefficient (Wildman–Crippen LogP) is 3.19. The minimum atomic E-state index is -4.28. The Morgan fingerprint density at radius 2 is 2.11 bits per heavy atom. The van der Waals surface area contributed by atoms with Gasteiger partial charge in [0.2, 0.25) is 0 Å². The molecule has 1 aliphatic heterocycles. The van der Waals surface area contributed by atoms with Gasteiger partial charge in [0.05, 0.1) is 5.56 Å². The fourth-order valence-electron chi connectivity index (χ4n) is 2.93. The van der Waals surface area contributed by atoms with Crippen LogP contribution in [0.5, 0.6) is 0 Å². The number of alkyl halides is 3. The molecule has 1 aromatic rings. The topological polar surface area (TPSA) is 29.3 Å². The van der Waals surface area contributed by atoms with Crippen LogP contribution < -0.4 is 10.6 Å². The molecule has 19 heavy (non-hydrogen) atoms. The Morgan fingerprint density at radius 3 is 2.63 bits per heavy atom. The first-order chi connectivity index (χ1) is 8.84. The highest BCUT2D eigenvalue weighted by Gasteiger charge is 2.39. The van der Waals surface area contributed by atoms with Gasteiger partial charge in [0, 0.05) is 24.3 Å². The van der Waals surface area contributed by atoms with Gasteiger partial charge >= 0.3 is 6.18 Å². The highest BCUT2D eigenvalue weighted by atomic mass is 19.4. The molecule has 2 nitrogen and oxygen atoms in total. The lowest BCUT2D eigenvalue weighted by atomic mass is 10.00. The van der Waals surface area contributed by atoms with Crippen molar-refractivity contribution in [2.24, 2.45) is 5.73 Å². The summed E-state index contributed by atoms with van der Waals surface area (Å²) in [5.74, 6) is 0. The van der Waals surface area contributed by atoms with E-state index in [1.54, 1.807) is 6.07 Å². The summed E-state index contributed by atoms with van der Waals surface area (Å²) in [6.07, 6.45) is -3.14. The molecule has 0 spiro atoms. The second-order valence-electron chi connectivity index (χ2n) is 5.16. The summed E-state index contributed by atoms with van der Waals surface area (Å²) < 4.78 is 39.1. The maximum Gasteiger partial charge on any atom is 0.416 e. The standard InChI is InChI=1S/C14H19F3N2/c1-3-19-10(7-9(2)18)8-11-12(14(15,16)17)5-4-6-13(11)19/h4-6,9-10H,3,7-8,18H2,1-2H3. The van der Waals surface area contributed by atoms with Gasteiger partial charge in [-0.15, -0.1) is 0 Å². The molecule has 0 bridgehead atoms. The van der Waals surface area contributed by atoms with Crippen LogP contribution in [0.1, 0.15) is 31.4 Å². The van der Waals surface area contributed by atoms with E-state index in [0.29, 0.717) is 30.6 Å². The van der Waals surface area contributed by atoms with Crippen LogP contribution in [0.3, 0.4) is 0 Å². The molecule has 0 aliphatic carbocycles. The third-order valence-corrected chi connectivity index (χ3v) is 3.63. The number of anilines is 1. The summed E-state index contributed by atoms with van der Waals surface area (Å²) >= 11 is 0. The Hall–Kier alpha value is -1.23. The van der Waals surface area contributed by atoms with Gasteiger partial charge in [0.25, 0.3) is 0 Å². The van der Waals surface area contributed by atoms with E-state index in [1.165, 1.54) is 12.1 Å². The third-order valence-electron chi connectivity index (χ3n) is 3.63. The number of benzene rings is 1. The highest BCUT2D eigenvalue weighted by Crippen LogP contribution is 2.42. The molecule has 0 saturated heterocycles. The molecule has 1 heterocycles. The molecule has 0 saturated carbocycles. The van der Waals surface area contributed by atoms with E-state index in [-0.39, 0.29) is 12.1 Å². The van der Waals surface area contributed by atoms with Crippen LogP contribution in [0.2, 0.25) is 0 Å². The molecule has 2 rings (SSSR count). The van der Waals surface area contributed by atoms with Crippen molar-refractivity contribution in [2.75, 3.05) is 11.4 Å². The summed E-state index contributed by atoms with van der Waals surface area (Å²) in [7, 11) is 0. The molecule has 106 valence electrons. The van der Waals surface area contributed by atoms with Crippen molar-refractivity contribution < 1.29 is 13.2 Å². The summed E-state index contributed by atoms with van der Waals surface area (Å²) in [5, 5.41) is 0. The zero-order chi connectivity index (χ0) is 14.2. The molecular weight excluding hydrogens is 253 g/mol. The Kier molecular flexibility index (Phi) is 3.76.